The number of carbonyl (C=O) groups is 3. The number of aryl methyl sites for hydroxylation is 2. The van der Waals surface area contributed by atoms with Crippen LogP contribution in [0.25, 0.3) is 5.57 Å². The van der Waals surface area contributed by atoms with Gasteiger partial charge in [-0.1, -0.05) is 35.9 Å². The smallest absolute Gasteiger partial charge is 0.282 e. The Morgan fingerprint density at radius 3 is 2.21 bits per heavy atom. The Hall–Kier alpha value is -4.39. The van der Waals surface area contributed by atoms with Gasteiger partial charge < -0.3 is 15.4 Å². The van der Waals surface area contributed by atoms with Crippen LogP contribution in [0, 0.1) is 13.8 Å². The van der Waals surface area contributed by atoms with E-state index in [9.17, 15) is 14.4 Å². The van der Waals surface area contributed by atoms with Gasteiger partial charge in [-0.15, -0.1) is 0 Å². The van der Waals surface area contributed by atoms with E-state index in [1.165, 1.54) is 18.9 Å². The van der Waals surface area contributed by atoms with E-state index in [2.05, 4.69) is 10.6 Å². The maximum Gasteiger partial charge on any atom is 0.282 e. The van der Waals surface area contributed by atoms with Crippen molar-refractivity contribution in [3.05, 3.63) is 89.1 Å². The van der Waals surface area contributed by atoms with E-state index < -0.39 is 11.8 Å². The van der Waals surface area contributed by atoms with Gasteiger partial charge in [0.15, 0.2) is 0 Å². The number of carbonyl (C=O) groups excluding carboxylic acids is 3. The lowest BCUT2D eigenvalue weighted by atomic mass is 10.0. The molecule has 0 bridgehead atoms. The highest BCUT2D eigenvalue weighted by Gasteiger charge is 2.41. The molecule has 0 saturated carbocycles. The van der Waals surface area contributed by atoms with Crippen molar-refractivity contribution < 1.29 is 19.1 Å². The zero-order valence-corrected chi connectivity index (χ0v) is 19.4. The Morgan fingerprint density at radius 2 is 1.56 bits per heavy atom. The molecule has 172 valence electrons. The molecule has 4 rings (SSSR count). The average molecular weight is 456 g/mol. The summed E-state index contributed by atoms with van der Waals surface area (Å²) in [5.41, 5.74) is 4.52. The normalized spacial score (nSPS) is 13.4. The van der Waals surface area contributed by atoms with Crippen molar-refractivity contribution in [1.29, 1.82) is 0 Å². The fourth-order valence-electron chi connectivity index (χ4n) is 4.01. The van der Waals surface area contributed by atoms with E-state index in [0.717, 1.165) is 11.1 Å². The third-order valence-corrected chi connectivity index (χ3v) is 5.53. The maximum atomic E-state index is 13.7. The van der Waals surface area contributed by atoms with Crippen LogP contribution in [0.4, 0.5) is 17.1 Å². The standard InChI is InChI=1S/C27H25N3O4/c1-16-9-14-22(17(2)15-16)30-26(32)24(21-7-5-6-8-23(21)34-4)25(27(30)33)29-20-12-10-19(11-13-20)28-18(3)31/h5-15,29H,1-4H3,(H,28,31). The first kappa shape index (κ1) is 22.8. The van der Waals surface area contributed by atoms with Gasteiger partial charge in [-0.2, -0.15) is 0 Å². The number of amides is 3. The molecule has 0 saturated heterocycles. The molecule has 2 N–H and O–H groups in total. The van der Waals surface area contributed by atoms with Gasteiger partial charge in [0, 0.05) is 23.9 Å². The molecule has 0 fully saturated rings. The SMILES string of the molecule is COc1ccccc1C1=C(Nc2ccc(NC(C)=O)cc2)C(=O)N(c2ccc(C)cc2C)C1=O. The lowest BCUT2D eigenvalue weighted by molar-refractivity contribution is -0.120. The Labute approximate surface area is 198 Å². The molecule has 0 aromatic heterocycles. The molecular formula is C27H25N3O4. The first-order valence-corrected chi connectivity index (χ1v) is 10.8. The van der Waals surface area contributed by atoms with Crippen molar-refractivity contribution >= 4 is 40.4 Å². The molecule has 7 heteroatoms. The Kier molecular flexibility index (Phi) is 6.19. The number of ether oxygens (including phenoxy) is 1. The number of nitrogens with zero attached hydrogens (tertiary/aromatic N) is 1. The predicted molar refractivity (Wildman–Crippen MR) is 133 cm³/mol. The largest absolute Gasteiger partial charge is 0.496 e. The summed E-state index contributed by atoms with van der Waals surface area (Å²) in [7, 11) is 1.52. The van der Waals surface area contributed by atoms with E-state index in [0.29, 0.717) is 28.4 Å². The number of hydrogen-bond donors (Lipinski definition) is 2. The minimum absolute atomic E-state index is 0.154. The molecule has 0 radical (unpaired) electrons. The third-order valence-electron chi connectivity index (χ3n) is 5.53. The quantitative estimate of drug-likeness (QED) is 0.528. The van der Waals surface area contributed by atoms with Gasteiger partial charge in [-0.05, 0) is 55.8 Å². The minimum atomic E-state index is -0.455. The number of benzene rings is 3. The zero-order chi connectivity index (χ0) is 24.4. The van der Waals surface area contributed by atoms with Gasteiger partial charge >= 0.3 is 0 Å². The van der Waals surface area contributed by atoms with Crippen LogP contribution < -0.4 is 20.3 Å². The summed E-state index contributed by atoms with van der Waals surface area (Å²) in [4.78, 5) is 39.8. The molecule has 3 aromatic rings. The van der Waals surface area contributed by atoms with Crippen molar-refractivity contribution in [1.82, 2.24) is 0 Å². The number of rotatable bonds is 6. The summed E-state index contributed by atoms with van der Waals surface area (Å²) in [6.45, 7) is 5.26. The second-order valence-electron chi connectivity index (χ2n) is 8.07. The van der Waals surface area contributed by atoms with Crippen LogP contribution in [0.15, 0.2) is 72.4 Å². The van der Waals surface area contributed by atoms with Gasteiger partial charge in [-0.25, -0.2) is 4.90 Å². The van der Waals surface area contributed by atoms with Crippen molar-refractivity contribution in [2.75, 3.05) is 22.6 Å². The van der Waals surface area contributed by atoms with E-state index in [1.54, 1.807) is 54.6 Å². The lowest BCUT2D eigenvalue weighted by Crippen LogP contribution is -2.33. The van der Waals surface area contributed by atoms with E-state index in [4.69, 9.17) is 4.74 Å². The molecule has 0 unspecified atom stereocenters. The number of hydrogen-bond acceptors (Lipinski definition) is 5. The Balaban J connectivity index is 1.81. The van der Waals surface area contributed by atoms with Gasteiger partial charge in [0.05, 0.1) is 18.4 Å². The van der Waals surface area contributed by atoms with Gasteiger partial charge in [0.1, 0.15) is 11.4 Å². The fraction of sp³-hybridized carbons (Fsp3) is 0.148. The second kappa shape index (κ2) is 9.23. The van der Waals surface area contributed by atoms with Crippen LogP contribution >= 0.6 is 0 Å². The summed E-state index contributed by atoms with van der Waals surface area (Å²) < 4.78 is 5.49. The van der Waals surface area contributed by atoms with E-state index in [-0.39, 0.29) is 17.2 Å². The summed E-state index contributed by atoms with van der Waals surface area (Å²) in [6, 6.07) is 19.6. The fourth-order valence-corrected chi connectivity index (χ4v) is 4.01. The highest BCUT2D eigenvalue weighted by atomic mass is 16.5. The van der Waals surface area contributed by atoms with E-state index >= 15 is 0 Å². The van der Waals surface area contributed by atoms with Crippen molar-refractivity contribution in [2.24, 2.45) is 0 Å². The number of nitrogens with one attached hydrogen (secondary N) is 2. The highest BCUT2D eigenvalue weighted by molar-refractivity contribution is 6.46. The predicted octanol–water partition coefficient (Wildman–Crippen LogP) is 4.67. The molecule has 0 spiro atoms. The summed E-state index contributed by atoms with van der Waals surface area (Å²) in [6.07, 6.45) is 0. The van der Waals surface area contributed by atoms with Crippen molar-refractivity contribution in [3.8, 4) is 5.75 Å². The Bertz CT molecular complexity index is 1330. The van der Waals surface area contributed by atoms with Crippen LogP contribution in [0.2, 0.25) is 0 Å². The van der Waals surface area contributed by atoms with Crippen LogP contribution in [0.1, 0.15) is 23.6 Å². The van der Waals surface area contributed by atoms with Crippen LogP contribution in [-0.4, -0.2) is 24.8 Å². The summed E-state index contributed by atoms with van der Waals surface area (Å²) >= 11 is 0. The monoisotopic (exact) mass is 455 g/mol. The molecule has 3 amide bonds. The third kappa shape index (κ3) is 4.28. The molecule has 1 aliphatic heterocycles. The topological polar surface area (TPSA) is 87.7 Å². The van der Waals surface area contributed by atoms with Crippen molar-refractivity contribution in [3.63, 3.8) is 0 Å². The number of imide groups is 1. The molecule has 3 aromatic carbocycles. The number of para-hydroxylation sites is 1. The average Bonchev–Trinajstić information content (AvgIpc) is 3.04. The molecule has 1 heterocycles. The highest BCUT2D eigenvalue weighted by Crippen LogP contribution is 2.38. The molecule has 7 nitrogen and oxygen atoms in total. The Morgan fingerprint density at radius 1 is 0.882 bits per heavy atom. The first-order chi connectivity index (χ1) is 16.3. The minimum Gasteiger partial charge on any atom is -0.496 e. The van der Waals surface area contributed by atoms with Gasteiger partial charge in [0.2, 0.25) is 5.91 Å². The van der Waals surface area contributed by atoms with Crippen LogP contribution in [0.5, 0.6) is 5.75 Å². The molecular weight excluding hydrogens is 430 g/mol. The molecule has 0 atom stereocenters. The van der Waals surface area contributed by atoms with Gasteiger partial charge in [-0.3, -0.25) is 14.4 Å². The molecule has 0 aliphatic carbocycles. The summed E-state index contributed by atoms with van der Waals surface area (Å²) in [5, 5.41) is 5.84. The zero-order valence-electron chi connectivity index (χ0n) is 19.4. The molecule has 34 heavy (non-hydrogen) atoms. The molecule has 1 aliphatic rings. The first-order valence-electron chi connectivity index (χ1n) is 10.8. The summed E-state index contributed by atoms with van der Waals surface area (Å²) in [5.74, 6) is -0.577. The van der Waals surface area contributed by atoms with Crippen LogP contribution in [-0.2, 0) is 14.4 Å². The van der Waals surface area contributed by atoms with E-state index in [1.807, 2.05) is 26.0 Å². The lowest BCUT2D eigenvalue weighted by Gasteiger charge is -2.18. The maximum absolute atomic E-state index is 13.7. The number of methoxy groups -OCH3 is 1. The van der Waals surface area contributed by atoms with Gasteiger partial charge in [0.25, 0.3) is 11.8 Å². The van der Waals surface area contributed by atoms with Crippen molar-refractivity contribution in [2.45, 2.75) is 20.8 Å². The van der Waals surface area contributed by atoms with Crippen LogP contribution in [0.3, 0.4) is 0 Å². The number of anilines is 3. The second-order valence-corrected chi connectivity index (χ2v) is 8.07.